The van der Waals surface area contributed by atoms with Gasteiger partial charge in [-0.1, -0.05) is 6.92 Å². The topological polar surface area (TPSA) is 93.8 Å². The van der Waals surface area contributed by atoms with Gasteiger partial charge in [-0.15, -0.1) is 0 Å². The predicted octanol–water partition coefficient (Wildman–Crippen LogP) is 1.01. The maximum atomic E-state index is 11.7. The van der Waals surface area contributed by atoms with Gasteiger partial charge in [-0.3, -0.25) is 4.79 Å². The van der Waals surface area contributed by atoms with Crippen LogP contribution in [0.25, 0.3) is 0 Å². The minimum absolute atomic E-state index is 0.274. The third-order valence-corrected chi connectivity index (χ3v) is 2.79. The fourth-order valence-corrected chi connectivity index (χ4v) is 1.97. The lowest BCUT2D eigenvalue weighted by Crippen LogP contribution is -2.35. The summed E-state index contributed by atoms with van der Waals surface area (Å²) in [5, 5.41) is 3.91. The highest BCUT2D eigenvalue weighted by Gasteiger charge is 2.31. The van der Waals surface area contributed by atoms with Gasteiger partial charge < -0.3 is 10.5 Å². The molecule has 3 N–H and O–H groups in total. The largest absolute Gasteiger partial charge is 0.465 e. The van der Waals surface area contributed by atoms with Gasteiger partial charge in [-0.05, 0) is 32.1 Å². The molecule has 2 unspecified atom stereocenters. The van der Waals surface area contributed by atoms with Crippen molar-refractivity contribution in [2.75, 3.05) is 6.61 Å². The predicted molar refractivity (Wildman–Crippen MR) is 63.3 cm³/mol. The number of hydrazone groups is 1. The SMILES string of the molecule is CCOC(=O)C1CCC(C)C/C1=N\NC(N)=O. The molecule has 6 nitrogen and oxygen atoms in total. The number of rotatable bonds is 3. The van der Waals surface area contributed by atoms with Crippen molar-refractivity contribution in [1.29, 1.82) is 0 Å². The van der Waals surface area contributed by atoms with Crippen molar-refractivity contribution in [3.63, 3.8) is 0 Å². The van der Waals surface area contributed by atoms with Crippen LogP contribution in [-0.2, 0) is 9.53 Å². The lowest BCUT2D eigenvalue weighted by atomic mass is 9.81. The number of hydrogen-bond acceptors (Lipinski definition) is 4. The summed E-state index contributed by atoms with van der Waals surface area (Å²) in [5.41, 5.74) is 7.79. The maximum absolute atomic E-state index is 11.7. The molecule has 0 saturated heterocycles. The number of ether oxygens (including phenoxy) is 1. The van der Waals surface area contributed by atoms with Crippen LogP contribution in [0.1, 0.15) is 33.1 Å². The van der Waals surface area contributed by atoms with Crippen LogP contribution >= 0.6 is 0 Å². The Morgan fingerprint density at radius 2 is 2.24 bits per heavy atom. The number of esters is 1. The molecule has 0 bridgehead atoms. The molecule has 0 aromatic rings. The third-order valence-electron chi connectivity index (χ3n) is 2.79. The van der Waals surface area contributed by atoms with E-state index in [0.717, 1.165) is 6.42 Å². The van der Waals surface area contributed by atoms with Crippen molar-refractivity contribution < 1.29 is 14.3 Å². The quantitative estimate of drug-likeness (QED) is 0.570. The van der Waals surface area contributed by atoms with Gasteiger partial charge in [0.05, 0.1) is 18.2 Å². The second-order valence-electron chi connectivity index (χ2n) is 4.27. The molecule has 1 aliphatic carbocycles. The summed E-state index contributed by atoms with van der Waals surface area (Å²) in [6.45, 7) is 4.20. The molecule has 1 saturated carbocycles. The molecule has 0 aliphatic heterocycles. The van der Waals surface area contributed by atoms with Crippen LogP contribution in [0.5, 0.6) is 0 Å². The minimum atomic E-state index is -0.724. The summed E-state index contributed by atoms with van der Waals surface area (Å²) in [7, 11) is 0. The first kappa shape index (κ1) is 13.5. The number of nitrogens with zero attached hydrogens (tertiary/aromatic N) is 1. The van der Waals surface area contributed by atoms with Crippen LogP contribution in [-0.4, -0.2) is 24.3 Å². The molecule has 6 heteroatoms. The van der Waals surface area contributed by atoms with Crippen LogP contribution in [0.2, 0.25) is 0 Å². The molecule has 1 fully saturated rings. The van der Waals surface area contributed by atoms with Crippen LogP contribution in [0.4, 0.5) is 4.79 Å². The molecule has 0 aromatic carbocycles. The van der Waals surface area contributed by atoms with E-state index in [9.17, 15) is 9.59 Å². The van der Waals surface area contributed by atoms with E-state index in [0.29, 0.717) is 31.1 Å². The Balaban J connectivity index is 2.74. The van der Waals surface area contributed by atoms with E-state index in [1.807, 2.05) is 0 Å². The number of urea groups is 1. The zero-order chi connectivity index (χ0) is 12.8. The standard InChI is InChI=1S/C11H19N3O3/c1-3-17-10(15)8-5-4-7(2)6-9(8)13-14-11(12)16/h7-8H,3-6H2,1-2H3,(H3,12,14,16)/b13-9+. The maximum Gasteiger partial charge on any atom is 0.332 e. The van der Waals surface area contributed by atoms with Gasteiger partial charge >= 0.3 is 12.0 Å². The Labute approximate surface area is 101 Å². The molecule has 0 aromatic heterocycles. The molecule has 0 heterocycles. The Bertz CT molecular complexity index is 328. The first-order valence-corrected chi connectivity index (χ1v) is 5.83. The molecule has 2 atom stereocenters. The number of primary amides is 1. The summed E-state index contributed by atoms with van der Waals surface area (Å²) < 4.78 is 4.99. The van der Waals surface area contributed by atoms with E-state index in [4.69, 9.17) is 10.5 Å². The van der Waals surface area contributed by atoms with Crippen LogP contribution in [0.3, 0.4) is 0 Å². The van der Waals surface area contributed by atoms with E-state index >= 15 is 0 Å². The normalized spacial score (nSPS) is 26.6. The number of carbonyl (C=O) groups is 2. The highest BCUT2D eigenvalue weighted by atomic mass is 16.5. The molecular formula is C11H19N3O3. The number of carbonyl (C=O) groups excluding carboxylic acids is 2. The fraction of sp³-hybridized carbons (Fsp3) is 0.727. The summed E-state index contributed by atoms with van der Waals surface area (Å²) in [5.74, 6) is -0.170. The lowest BCUT2D eigenvalue weighted by molar-refractivity contribution is -0.146. The number of nitrogens with two attached hydrogens (primary N) is 1. The molecule has 2 amide bonds. The Kier molecular flexibility index (Phi) is 4.93. The minimum Gasteiger partial charge on any atom is -0.465 e. The van der Waals surface area contributed by atoms with E-state index < -0.39 is 6.03 Å². The zero-order valence-corrected chi connectivity index (χ0v) is 10.2. The third kappa shape index (κ3) is 4.05. The van der Waals surface area contributed by atoms with E-state index in [1.165, 1.54) is 0 Å². The molecule has 1 aliphatic rings. The van der Waals surface area contributed by atoms with E-state index in [2.05, 4.69) is 17.5 Å². The molecular weight excluding hydrogens is 222 g/mol. The second-order valence-corrected chi connectivity index (χ2v) is 4.27. The molecule has 1 rings (SSSR count). The smallest absolute Gasteiger partial charge is 0.332 e. The monoisotopic (exact) mass is 241 g/mol. The van der Waals surface area contributed by atoms with Crippen molar-refractivity contribution >= 4 is 17.7 Å². The van der Waals surface area contributed by atoms with Crippen LogP contribution < -0.4 is 11.2 Å². The van der Waals surface area contributed by atoms with Crippen molar-refractivity contribution in [2.24, 2.45) is 22.7 Å². The molecule has 0 spiro atoms. The van der Waals surface area contributed by atoms with E-state index in [1.54, 1.807) is 6.92 Å². The molecule has 17 heavy (non-hydrogen) atoms. The first-order valence-electron chi connectivity index (χ1n) is 5.83. The van der Waals surface area contributed by atoms with Crippen molar-refractivity contribution in [3.8, 4) is 0 Å². The van der Waals surface area contributed by atoms with Gasteiger partial charge in [0.2, 0.25) is 0 Å². The Morgan fingerprint density at radius 1 is 1.53 bits per heavy atom. The van der Waals surface area contributed by atoms with Crippen LogP contribution in [0, 0.1) is 11.8 Å². The lowest BCUT2D eigenvalue weighted by Gasteiger charge is -2.26. The second kappa shape index (κ2) is 6.22. The average molecular weight is 241 g/mol. The molecule has 0 radical (unpaired) electrons. The summed E-state index contributed by atoms with van der Waals surface area (Å²) in [4.78, 5) is 22.3. The van der Waals surface area contributed by atoms with Gasteiger partial charge in [0.15, 0.2) is 0 Å². The van der Waals surface area contributed by atoms with Gasteiger partial charge in [-0.25, -0.2) is 10.2 Å². The van der Waals surface area contributed by atoms with Crippen LogP contribution in [0.15, 0.2) is 5.10 Å². The zero-order valence-electron chi connectivity index (χ0n) is 10.2. The fourth-order valence-electron chi connectivity index (χ4n) is 1.97. The number of nitrogens with one attached hydrogen (secondary N) is 1. The van der Waals surface area contributed by atoms with Crippen molar-refractivity contribution in [1.82, 2.24) is 5.43 Å². The van der Waals surface area contributed by atoms with Gasteiger partial charge in [0, 0.05) is 0 Å². The highest BCUT2D eigenvalue weighted by Crippen LogP contribution is 2.27. The Morgan fingerprint density at radius 3 is 2.82 bits per heavy atom. The number of amides is 2. The van der Waals surface area contributed by atoms with E-state index in [-0.39, 0.29) is 11.9 Å². The molecule has 96 valence electrons. The summed E-state index contributed by atoms with van der Waals surface area (Å²) in [6, 6.07) is -0.724. The number of hydrogen-bond donors (Lipinski definition) is 2. The average Bonchev–Trinajstić information content (AvgIpc) is 2.26. The highest BCUT2D eigenvalue weighted by molar-refractivity contribution is 6.03. The Hall–Kier alpha value is -1.59. The van der Waals surface area contributed by atoms with Gasteiger partial charge in [-0.2, -0.15) is 5.10 Å². The van der Waals surface area contributed by atoms with Crippen molar-refractivity contribution in [3.05, 3.63) is 0 Å². The van der Waals surface area contributed by atoms with Gasteiger partial charge in [0.1, 0.15) is 0 Å². The van der Waals surface area contributed by atoms with Crippen molar-refractivity contribution in [2.45, 2.75) is 33.1 Å². The van der Waals surface area contributed by atoms with Gasteiger partial charge in [0.25, 0.3) is 0 Å². The summed E-state index contributed by atoms with van der Waals surface area (Å²) >= 11 is 0. The first-order chi connectivity index (χ1) is 8.04. The summed E-state index contributed by atoms with van der Waals surface area (Å²) in [6.07, 6.45) is 2.35.